The van der Waals surface area contributed by atoms with Crippen LogP contribution in [0, 0.1) is 20.8 Å². The van der Waals surface area contributed by atoms with Crippen LogP contribution in [0.2, 0.25) is 0 Å². The fourth-order valence-corrected chi connectivity index (χ4v) is 3.28. The van der Waals surface area contributed by atoms with Crippen molar-refractivity contribution in [2.75, 3.05) is 6.61 Å². The predicted octanol–water partition coefficient (Wildman–Crippen LogP) is 4.71. The summed E-state index contributed by atoms with van der Waals surface area (Å²) in [5.74, 6) is 0.331. The maximum absolute atomic E-state index is 13.2. The van der Waals surface area contributed by atoms with Gasteiger partial charge in [0.05, 0.1) is 0 Å². The molecule has 0 saturated carbocycles. The first kappa shape index (κ1) is 24.4. The number of rotatable bonds is 10. The van der Waals surface area contributed by atoms with E-state index in [1.54, 1.807) is 4.90 Å². The third kappa shape index (κ3) is 7.12. The van der Waals surface area contributed by atoms with Crippen molar-refractivity contribution in [1.29, 1.82) is 0 Å². The molecule has 2 amide bonds. The molecule has 0 aromatic heterocycles. The molecule has 0 fully saturated rings. The summed E-state index contributed by atoms with van der Waals surface area (Å²) < 4.78 is 5.80. The minimum absolute atomic E-state index is 0.0599. The van der Waals surface area contributed by atoms with Gasteiger partial charge in [-0.05, 0) is 69.4 Å². The lowest BCUT2D eigenvalue weighted by Crippen LogP contribution is -2.51. The zero-order valence-electron chi connectivity index (χ0n) is 19.7. The zero-order valence-corrected chi connectivity index (χ0v) is 19.7. The predicted molar refractivity (Wildman–Crippen MR) is 125 cm³/mol. The number of hydrogen-bond donors (Lipinski definition) is 1. The third-order valence-electron chi connectivity index (χ3n) is 5.70. The summed E-state index contributed by atoms with van der Waals surface area (Å²) in [6.07, 6.45) is 1.37. The smallest absolute Gasteiger partial charge is 0.261 e. The fourth-order valence-electron chi connectivity index (χ4n) is 3.28. The number of hydrogen-bond acceptors (Lipinski definition) is 3. The topological polar surface area (TPSA) is 58.6 Å². The van der Waals surface area contributed by atoms with Gasteiger partial charge in [0.25, 0.3) is 5.91 Å². The lowest BCUT2D eigenvalue weighted by molar-refractivity contribution is -0.143. The van der Waals surface area contributed by atoms with E-state index in [-0.39, 0.29) is 24.5 Å². The van der Waals surface area contributed by atoms with E-state index < -0.39 is 6.04 Å². The summed E-state index contributed by atoms with van der Waals surface area (Å²) in [6.45, 7) is 12.3. The number of nitrogens with zero attached hydrogens (tertiary/aromatic N) is 1. The first-order valence-electron chi connectivity index (χ1n) is 11.1. The Morgan fingerprint density at radius 2 is 1.65 bits per heavy atom. The number of carbonyl (C=O) groups excluding carboxylic acids is 2. The maximum atomic E-state index is 13.2. The summed E-state index contributed by atoms with van der Waals surface area (Å²) >= 11 is 0. The van der Waals surface area contributed by atoms with Crippen molar-refractivity contribution in [1.82, 2.24) is 10.2 Å². The largest absolute Gasteiger partial charge is 0.484 e. The van der Waals surface area contributed by atoms with Crippen LogP contribution in [-0.2, 0) is 16.1 Å². The molecule has 5 nitrogen and oxygen atoms in total. The van der Waals surface area contributed by atoms with Gasteiger partial charge >= 0.3 is 0 Å². The van der Waals surface area contributed by atoms with E-state index in [2.05, 4.69) is 5.32 Å². The summed E-state index contributed by atoms with van der Waals surface area (Å²) in [4.78, 5) is 27.8. The molecule has 0 saturated heterocycles. The monoisotopic (exact) mass is 424 g/mol. The van der Waals surface area contributed by atoms with E-state index in [0.29, 0.717) is 18.7 Å². The summed E-state index contributed by atoms with van der Waals surface area (Å²) in [7, 11) is 0. The molecule has 1 N–H and O–H groups in total. The van der Waals surface area contributed by atoms with Gasteiger partial charge in [-0.1, -0.05) is 49.7 Å². The average Bonchev–Trinajstić information content (AvgIpc) is 2.75. The molecule has 2 rings (SSSR count). The Hall–Kier alpha value is -2.82. The van der Waals surface area contributed by atoms with E-state index in [0.717, 1.165) is 23.1 Å². The van der Waals surface area contributed by atoms with Gasteiger partial charge in [-0.2, -0.15) is 0 Å². The molecule has 0 aliphatic carbocycles. The van der Waals surface area contributed by atoms with Crippen LogP contribution in [0.15, 0.2) is 42.5 Å². The van der Waals surface area contributed by atoms with Crippen molar-refractivity contribution in [3.8, 4) is 5.75 Å². The molecular weight excluding hydrogens is 388 g/mol. The number of aryl methyl sites for hydroxylation is 3. The molecule has 2 atom stereocenters. The first-order valence-corrected chi connectivity index (χ1v) is 11.1. The molecule has 0 bridgehead atoms. The standard InChI is InChI=1S/C26H36N2O3/c1-7-21(6)27-26(30)24(8-2)28(16-22-12-9-18(3)10-13-22)25(29)17-31-23-14-11-19(4)20(5)15-23/h9-15,21,24H,7-8,16-17H2,1-6H3,(H,27,30)/t21-,24+/m1/s1. The molecule has 31 heavy (non-hydrogen) atoms. The highest BCUT2D eigenvalue weighted by Crippen LogP contribution is 2.18. The molecule has 2 aromatic carbocycles. The molecule has 0 aliphatic rings. The van der Waals surface area contributed by atoms with E-state index in [1.165, 1.54) is 5.56 Å². The van der Waals surface area contributed by atoms with Crippen molar-refractivity contribution in [3.05, 3.63) is 64.7 Å². The van der Waals surface area contributed by atoms with Crippen LogP contribution >= 0.6 is 0 Å². The Labute approximate surface area is 186 Å². The second kappa shape index (κ2) is 11.5. The Kier molecular flexibility index (Phi) is 9.10. The van der Waals surface area contributed by atoms with Crippen LogP contribution in [0.1, 0.15) is 55.9 Å². The van der Waals surface area contributed by atoms with Crippen molar-refractivity contribution >= 4 is 11.8 Å². The quantitative estimate of drug-likeness (QED) is 0.601. The highest BCUT2D eigenvalue weighted by Gasteiger charge is 2.29. The van der Waals surface area contributed by atoms with Crippen LogP contribution in [0.3, 0.4) is 0 Å². The second-order valence-electron chi connectivity index (χ2n) is 8.28. The van der Waals surface area contributed by atoms with Crippen LogP contribution in [0.5, 0.6) is 5.75 Å². The van der Waals surface area contributed by atoms with Crippen LogP contribution in [0.25, 0.3) is 0 Å². The molecule has 0 heterocycles. The summed E-state index contributed by atoms with van der Waals surface area (Å²) in [5.41, 5.74) is 4.43. The van der Waals surface area contributed by atoms with Gasteiger partial charge in [-0.25, -0.2) is 0 Å². The van der Waals surface area contributed by atoms with Crippen LogP contribution in [-0.4, -0.2) is 35.4 Å². The van der Waals surface area contributed by atoms with Crippen molar-refractivity contribution < 1.29 is 14.3 Å². The highest BCUT2D eigenvalue weighted by atomic mass is 16.5. The minimum Gasteiger partial charge on any atom is -0.484 e. The maximum Gasteiger partial charge on any atom is 0.261 e. The molecule has 0 unspecified atom stereocenters. The highest BCUT2D eigenvalue weighted by molar-refractivity contribution is 5.88. The third-order valence-corrected chi connectivity index (χ3v) is 5.70. The van der Waals surface area contributed by atoms with Gasteiger partial charge in [-0.15, -0.1) is 0 Å². The summed E-state index contributed by atoms with van der Waals surface area (Å²) in [6, 6.07) is 13.3. The number of carbonyl (C=O) groups is 2. The van der Waals surface area contributed by atoms with Crippen LogP contribution in [0.4, 0.5) is 0 Å². The number of amides is 2. The zero-order chi connectivity index (χ0) is 23.0. The lowest BCUT2D eigenvalue weighted by Gasteiger charge is -2.31. The van der Waals surface area contributed by atoms with E-state index in [4.69, 9.17) is 4.74 Å². The Bertz CT molecular complexity index is 877. The number of nitrogens with one attached hydrogen (secondary N) is 1. The van der Waals surface area contributed by atoms with Crippen molar-refractivity contribution in [3.63, 3.8) is 0 Å². The fraction of sp³-hybridized carbons (Fsp3) is 0.462. The van der Waals surface area contributed by atoms with E-state index in [9.17, 15) is 9.59 Å². The van der Waals surface area contributed by atoms with E-state index >= 15 is 0 Å². The van der Waals surface area contributed by atoms with Gasteiger partial charge in [0.15, 0.2) is 6.61 Å². The molecule has 2 aromatic rings. The number of benzene rings is 2. The molecular formula is C26H36N2O3. The summed E-state index contributed by atoms with van der Waals surface area (Å²) in [5, 5.41) is 3.02. The first-order chi connectivity index (χ1) is 14.7. The van der Waals surface area contributed by atoms with Gasteiger partial charge in [0.1, 0.15) is 11.8 Å². The SMILES string of the molecule is CC[C@@H](C)NC(=O)[C@H](CC)N(Cc1ccc(C)cc1)C(=O)COc1ccc(C)c(C)c1. The van der Waals surface area contributed by atoms with Crippen molar-refractivity contribution in [2.45, 2.75) is 73.0 Å². The lowest BCUT2D eigenvalue weighted by atomic mass is 10.1. The Balaban J connectivity index is 2.21. The van der Waals surface area contributed by atoms with Gasteiger partial charge < -0.3 is 15.0 Å². The molecule has 0 radical (unpaired) electrons. The normalized spacial score (nSPS) is 12.7. The molecule has 5 heteroatoms. The van der Waals surface area contributed by atoms with Crippen LogP contribution < -0.4 is 10.1 Å². The van der Waals surface area contributed by atoms with Crippen molar-refractivity contribution in [2.24, 2.45) is 0 Å². The number of ether oxygens (including phenoxy) is 1. The Morgan fingerprint density at radius 3 is 2.23 bits per heavy atom. The second-order valence-corrected chi connectivity index (χ2v) is 8.28. The van der Waals surface area contributed by atoms with Gasteiger partial charge in [-0.3, -0.25) is 9.59 Å². The van der Waals surface area contributed by atoms with Gasteiger partial charge in [0, 0.05) is 12.6 Å². The molecule has 0 spiro atoms. The molecule has 0 aliphatic heterocycles. The van der Waals surface area contributed by atoms with E-state index in [1.807, 2.05) is 84.0 Å². The molecule has 168 valence electrons. The minimum atomic E-state index is -0.550. The Morgan fingerprint density at radius 1 is 0.968 bits per heavy atom. The van der Waals surface area contributed by atoms with Gasteiger partial charge in [0.2, 0.25) is 5.91 Å². The average molecular weight is 425 g/mol.